The zero-order chi connectivity index (χ0) is 16.9. The molecule has 2 atom stereocenters. The van der Waals surface area contributed by atoms with Gasteiger partial charge in [-0.2, -0.15) is 0 Å². The van der Waals surface area contributed by atoms with Crippen molar-refractivity contribution in [2.24, 2.45) is 11.8 Å². The van der Waals surface area contributed by atoms with Crippen LogP contribution in [-0.4, -0.2) is 60.6 Å². The van der Waals surface area contributed by atoms with Gasteiger partial charge in [0.2, 0.25) is 5.91 Å². The Bertz CT molecular complexity index is 406. The van der Waals surface area contributed by atoms with Crippen LogP contribution in [0.1, 0.15) is 65.2 Å². The van der Waals surface area contributed by atoms with Crippen LogP contribution in [0, 0.1) is 11.8 Å². The van der Waals surface area contributed by atoms with Crippen LogP contribution in [0.3, 0.4) is 0 Å². The number of fused-ring (bicyclic) bond motifs is 1. The van der Waals surface area contributed by atoms with E-state index in [-0.39, 0.29) is 0 Å². The second kappa shape index (κ2) is 8.66. The molecule has 0 aliphatic carbocycles. The molecule has 0 aromatic rings. The first-order chi connectivity index (χ1) is 11.6. The van der Waals surface area contributed by atoms with E-state index < -0.39 is 0 Å². The van der Waals surface area contributed by atoms with Gasteiger partial charge in [-0.1, -0.05) is 20.3 Å². The first kappa shape index (κ1) is 18.2. The van der Waals surface area contributed by atoms with Crippen LogP contribution >= 0.6 is 0 Å². The third kappa shape index (κ3) is 4.51. The van der Waals surface area contributed by atoms with Gasteiger partial charge in [0.25, 0.3) is 0 Å². The maximum absolute atomic E-state index is 12.8. The fourth-order valence-electron chi connectivity index (χ4n) is 4.91. The van der Waals surface area contributed by atoms with E-state index in [9.17, 15) is 4.79 Å². The fraction of sp³-hybridized carbons (Fsp3) is 0.950. The molecule has 3 aliphatic heterocycles. The van der Waals surface area contributed by atoms with Gasteiger partial charge < -0.3 is 9.64 Å². The van der Waals surface area contributed by atoms with Crippen molar-refractivity contribution in [3.63, 3.8) is 0 Å². The summed E-state index contributed by atoms with van der Waals surface area (Å²) in [7, 11) is 0. The second-order valence-corrected chi connectivity index (χ2v) is 8.51. The summed E-state index contributed by atoms with van der Waals surface area (Å²) in [5.74, 6) is 1.65. The summed E-state index contributed by atoms with van der Waals surface area (Å²) in [5, 5.41) is 0. The number of carbonyl (C=O) groups excluding carboxylic acids is 1. The summed E-state index contributed by atoms with van der Waals surface area (Å²) in [6.07, 6.45) is 9.36. The van der Waals surface area contributed by atoms with Crippen molar-refractivity contribution in [3.05, 3.63) is 0 Å². The molecule has 24 heavy (non-hydrogen) atoms. The van der Waals surface area contributed by atoms with Crippen LogP contribution in [0.25, 0.3) is 0 Å². The van der Waals surface area contributed by atoms with Gasteiger partial charge >= 0.3 is 0 Å². The van der Waals surface area contributed by atoms with Crippen molar-refractivity contribution in [2.75, 3.05) is 32.8 Å². The molecule has 3 saturated heterocycles. The average Bonchev–Trinajstić information content (AvgIpc) is 2.77. The Labute approximate surface area is 147 Å². The predicted octanol–water partition coefficient (Wildman–Crippen LogP) is 3.30. The number of amides is 1. The monoisotopic (exact) mass is 336 g/mol. The molecular weight excluding hydrogens is 300 g/mol. The van der Waals surface area contributed by atoms with E-state index in [2.05, 4.69) is 23.6 Å². The molecule has 0 bridgehead atoms. The van der Waals surface area contributed by atoms with E-state index in [0.29, 0.717) is 30.3 Å². The molecule has 0 N–H and O–H groups in total. The van der Waals surface area contributed by atoms with Gasteiger partial charge in [-0.25, -0.2) is 0 Å². The lowest BCUT2D eigenvalue weighted by Gasteiger charge is -2.46. The Morgan fingerprint density at radius 3 is 2.50 bits per heavy atom. The lowest BCUT2D eigenvalue weighted by molar-refractivity contribution is -0.138. The minimum atomic E-state index is 0.396. The molecule has 0 unspecified atom stereocenters. The van der Waals surface area contributed by atoms with Gasteiger partial charge in [-0.05, 0) is 56.9 Å². The number of hydrogen-bond acceptors (Lipinski definition) is 3. The summed E-state index contributed by atoms with van der Waals surface area (Å²) in [4.78, 5) is 17.8. The van der Waals surface area contributed by atoms with Crippen LogP contribution < -0.4 is 0 Å². The lowest BCUT2D eigenvalue weighted by atomic mass is 9.90. The summed E-state index contributed by atoms with van der Waals surface area (Å²) in [5.41, 5.74) is 0. The molecule has 3 fully saturated rings. The molecule has 3 heterocycles. The highest BCUT2D eigenvalue weighted by atomic mass is 16.5. The standard InChI is InChI=1S/C20H36N2O2/c1-16(2)14-20(23)22-11-5-7-18-19(22)6-3-4-10-21(18)15-17-8-12-24-13-9-17/h16-19H,3-15H2,1-2H3/t18-,19-/m1/s1. The smallest absolute Gasteiger partial charge is 0.223 e. The van der Waals surface area contributed by atoms with Gasteiger partial charge in [0.05, 0.1) is 0 Å². The zero-order valence-corrected chi connectivity index (χ0v) is 15.7. The number of carbonyl (C=O) groups is 1. The molecule has 0 aromatic carbocycles. The molecule has 3 rings (SSSR count). The van der Waals surface area contributed by atoms with Crippen molar-refractivity contribution < 1.29 is 9.53 Å². The van der Waals surface area contributed by atoms with Gasteiger partial charge in [-0.15, -0.1) is 0 Å². The number of hydrogen-bond donors (Lipinski definition) is 0. The Morgan fingerprint density at radius 2 is 1.75 bits per heavy atom. The highest BCUT2D eigenvalue weighted by molar-refractivity contribution is 5.77. The van der Waals surface area contributed by atoms with E-state index >= 15 is 0 Å². The minimum absolute atomic E-state index is 0.396. The first-order valence-electron chi connectivity index (χ1n) is 10.3. The largest absolute Gasteiger partial charge is 0.381 e. The Balaban J connectivity index is 1.67. The van der Waals surface area contributed by atoms with Crippen LogP contribution in [0.2, 0.25) is 0 Å². The molecule has 4 heteroatoms. The van der Waals surface area contributed by atoms with Crippen LogP contribution in [0.4, 0.5) is 0 Å². The Morgan fingerprint density at radius 1 is 1.00 bits per heavy atom. The quantitative estimate of drug-likeness (QED) is 0.790. The van der Waals surface area contributed by atoms with Crippen LogP contribution in [0.15, 0.2) is 0 Å². The molecule has 0 aromatic heterocycles. The number of rotatable bonds is 4. The Hall–Kier alpha value is -0.610. The lowest BCUT2D eigenvalue weighted by Crippen LogP contribution is -2.57. The van der Waals surface area contributed by atoms with Crippen molar-refractivity contribution in [1.82, 2.24) is 9.80 Å². The summed E-state index contributed by atoms with van der Waals surface area (Å²) in [6, 6.07) is 1.06. The number of ether oxygens (including phenoxy) is 1. The third-order valence-corrected chi connectivity index (χ3v) is 6.14. The molecular formula is C20H36N2O2. The van der Waals surface area contributed by atoms with E-state index in [4.69, 9.17) is 4.74 Å². The van der Waals surface area contributed by atoms with Crippen molar-refractivity contribution in [1.29, 1.82) is 0 Å². The van der Waals surface area contributed by atoms with Crippen LogP contribution in [0.5, 0.6) is 0 Å². The van der Waals surface area contributed by atoms with Gasteiger partial charge in [0, 0.05) is 44.8 Å². The van der Waals surface area contributed by atoms with E-state index in [0.717, 1.165) is 25.7 Å². The van der Waals surface area contributed by atoms with Crippen LogP contribution in [-0.2, 0) is 9.53 Å². The zero-order valence-electron chi connectivity index (χ0n) is 15.7. The average molecular weight is 337 g/mol. The molecule has 1 amide bonds. The van der Waals surface area contributed by atoms with E-state index in [1.165, 1.54) is 58.0 Å². The van der Waals surface area contributed by atoms with Gasteiger partial charge in [0.15, 0.2) is 0 Å². The first-order valence-corrected chi connectivity index (χ1v) is 10.3. The molecule has 138 valence electrons. The Kier molecular flexibility index (Phi) is 6.56. The topological polar surface area (TPSA) is 32.8 Å². The summed E-state index contributed by atoms with van der Waals surface area (Å²) in [6.45, 7) is 9.62. The van der Waals surface area contributed by atoms with E-state index in [1.54, 1.807) is 0 Å². The normalized spacial score (nSPS) is 30.2. The van der Waals surface area contributed by atoms with E-state index in [1.807, 2.05) is 0 Å². The SMILES string of the molecule is CC(C)CC(=O)N1CCC[C@@H]2[C@H]1CCCCN2CC1CCOCC1. The number of likely N-dealkylation sites (tertiary alicyclic amines) is 2. The fourth-order valence-corrected chi connectivity index (χ4v) is 4.91. The van der Waals surface area contributed by atoms with Crippen molar-refractivity contribution in [2.45, 2.75) is 77.3 Å². The predicted molar refractivity (Wildman–Crippen MR) is 96.9 cm³/mol. The van der Waals surface area contributed by atoms with Gasteiger partial charge in [0.1, 0.15) is 0 Å². The molecule has 0 spiro atoms. The van der Waals surface area contributed by atoms with Crippen molar-refractivity contribution in [3.8, 4) is 0 Å². The molecule has 0 radical (unpaired) electrons. The molecule has 3 aliphatic rings. The summed E-state index contributed by atoms with van der Waals surface area (Å²) < 4.78 is 5.53. The number of piperidine rings is 1. The van der Waals surface area contributed by atoms with Gasteiger partial charge in [-0.3, -0.25) is 9.69 Å². The molecule has 4 nitrogen and oxygen atoms in total. The molecule has 0 saturated carbocycles. The highest BCUT2D eigenvalue weighted by Gasteiger charge is 2.39. The maximum Gasteiger partial charge on any atom is 0.223 e. The highest BCUT2D eigenvalue weighted by Crippen LogP contribution is 2.31. The van der Waals surface area contributed by atoms with Crippen molar-refractivity contribution >= 4 is 5.91 Å². The number of nitrogens with zero attached hydrogens (tertiary/aromatic N) is 2. The third-order valence-electron chi connectivity index (χ3n) is 6.14. The minimum Gasteiger partial charge on any atom is -0.381 e. The second-order valence-electron chi connectivity index (χ2n) is 8.51. The summed E-state index contributed by atoms with van der Waals surface area (Å²) >= 11 is 0. The maximum atomic E-state index is 12.8.